The number of hydrogen-bond donors (Lipinski definition) is 1. The van der Waals surface area contributed by atoms with Crippen LogP contribution >= 0.6 is 0 Å². The van der Waals surface area contributed by atoms with Crippen molar-refractivity contribution in [3.63, 3.8) is 0 Å². The number of nitrogens with zero attached hydrogens (tertiary/aromatic N) is 1. The maximum absolute atomic E-state index is 5.47. The van der Waals surface area contributed by atoms with Gasteiger partial charge >= 0.3 is 0 Å². The molecule has 0 aromatic carbocycles. The second-order valence-corrected chi connectivity index (χ2v) is 4.74. The highest BCUT2D eigenvalue weighted by Crippen LogP contribution is 2.11. The third kappa shape index (κ3) is 3.92. The van der Waals surface area contributed by atoms with E-state index >= 15 is 0 Å². The van der Waals surface area contributed by atoms with Crippen LogP contribution in [-0.2, 0) is 13.0 Å². The van der Waals surface area contributed by atoms with E-state index in [1.165, 1.54) is 0 Å². The first-order chi connectivity index (χ1) is 6.51. The summed E-state index contributed by atoms with van der Waals surface area (Å²) in [6, 6.07) is 0. The molecule has 3 nitrogen and oxygen atoms in total. The fourth-order valence-electron chi connectivity index (χ4n) is 1.14. The van der Waals surface area contributed by atoms with Crippen LogP contribution in [-0.4, -0.2) is 11.5 Å². The summed E-state index contributed by atoms with van der Waals surface area (Å²) in [4.78, 5) is 4.18. The van der Waals surface area contributed by atoms with Crippen LogP contribution in [0.3, 0.4) is 0 Å². The van der Waals surface area contributed by atoms with Crippen molar-refractivity contribution in [2.24, 2.45) is 5.41 Å². The summed E-state index contributed by atoms with van der Waals surface area (Å²) in [5.74, 6) is 1.74. The molecule has 14 heavy (non-hydrogen) atoms. The minimum Gasteiger partial charge on any atom is -0.444 e. The molecule has 0 bridgehead atoms. The lowest BCUT2D eigenvalue weighted by Gasteiger charge is -2.17. The minimum atomic E-state index is 0.306. The molecule has 0 unspecified atom stereocenters. The van der Waals surface area contributed by atoms with Crippen molar-refractivity contribution in [1.82, 2.24) is 10.3 Å². The van der Waals surface area contributed by atoms with Crippen LogP contribution < -0.4 is 5.32 Å². The molecule has 0 spiro atoms. The van der Waals surface area contributed by atoms with Crippen LogP contribution in [0.1, 0.15) is 39.3 Å². The lowest BCUT2D eigenvalue weighted by atomic mass is 9.97. The highest BCUT2D eigenvalue weighted by Gasteiger charge is 2.09. The van der Waals surface area contributed by atoms with Crippen molar-refractivity contribution in [3.8, 4) is 0 Å². The smallest absolute Gasteiger partial charge is 0.208 e. The van der Waals surface area contributed by atoms with Crippen molar-refractivity contribution in [1.29, 1.82) is 0 Å². The Morgan fingerprint density at radius 3 is 2.64 bits per heavy atom. The van der Waals surface area contributed by atoms with Gasteiger partial charge in [0.25, 0.3) is 0 Å². The first-order valence-electron chi connectivity index (χ1n) is 5.15. The molecule has 1 aromatic heterocycles. The monoisotopic (exact) mass is 196 g/mol. The summed E-state index contributed by atoms with van der Waals surface area (Å²) >= 11 is 0. The Morgan fingerprint density at radius 1 is 1.43 bits per heavy atom. The molecule has 1 aromatic rings. The normalized spacial score (nSPS) is 12.0. The second-order valence-electron chi connectivity index (χ2n) is 4.74. The van der Waals surface area contributed by atoms with E-state index in [0.717, 1.165) is 31.2 Å². The SMILES string of the molecule is CCc1cnc(CNCC(C)(C)C)o1. The van der Waals surface area contributed by atoms with Gasteiger partial charge in [-0.1, -0.05) is 27.7 Å². The quantitative estimate of drug-likeness (QED) is 0.803. The summed E-state index contributed by atoms with van der Waals surface area (Å²) < 4.78 is 5.47. The highest BCUT2D eigenvalue weighted by molar-refractivity contribution is 4.93. The molecule has 0 aliphatic carbocycles. The Balaban J connectivity index is 2.31. The van der Waals surface area contributed by atoms with Gasteiger partial charge in [-0.25, -0.2) is 4.98 Å². The van der Waals surface area contributed by atoms with E-state index < -0.39 is 0 Å². The van der Waals surface area contributed by atoms with E-state index in [0.29, 0.717) is 5.41 Å². The third-order valence-electron chi connectivity index (χ3n) is 1.88. The molecule has 1 heterocycles. The molecule has 0 aliphatic rings. The number of nitrogens with one attached hydrogen (secondary N) is 1. The number of hydrogen-bond acceptors (Lipinski definition) is 3. The highest BCUT2D eigenvalue weighted by atomic mass is 16.4. The Hall–Kier alpha value is -0.830. The molecule has 0 fully saturated rings. The Morgan fingerprint density at radius 2 is 2.14 bits per heavy atom. The van der Waals surface area contributed by atoms with Crippen LogP contribution in [0, 0.1) is 5.41 Å². The molecule has 1 rings (SSSR count). The summed E-state index contributed by atoms with van der Waals surface area (Å²) in [7, 11) is 0. The van der Waals surface area contributed by atoms with Gasteiger partial charge in [-0.05, 0) is 5.41 Å². The van der Waals surface area contributed by atoms with Crippen LogP contribution in [0.5, 0.6) is 0 Å². The standard InChI is InChI=1S/C11H20N2O/c1-5-9-6-13-10(14-9)7-12-8-11(2,3)4/h6,12H,5,7-8H2,1-4H3. The van der Waals surface area contributed by atoms with E-state index in [2.05, 4.69) is 38.0 Å². The molecule has 0 saturated heterocycles. The first kappa shape index (κ1) is 11.2. The van der Waals surface area contributed by atoms with Gasteiger partial charge < -0.3 is 9.73 Å². The third-order valence-corrected chi connectivity index (χ3v) is 1.88. The number of aromatic nitrogens is 1. The number of rotatable bonds is 4. The molecule has 3 heteroatoms. The van der Waals surface area contributed by atoms with Crippen molar-refractivity contribution >= 4 is 0 Å². The number of oxazole rings is 1. The van der Waals surface area contributed by atoms with Crippen LogP contribution in [0.25, 0.3) is 0 Å². The topological polar surface area (TPSA) is 38.1 Å². The van der Waals surface area contributed by atoms with Crippen molar-refractivity contribution in [2.75, 3.05) is 6.54 Å². The Labute approximate surface area is 85.9 Å². The lowest BCUT2D eigenvalue weighted by molar-refractivity contribution is 0.360. The van der Waals surface area contributed by atoms with Crippen LogP contribution in [0.4, 0.5) is 0 Å². The molecule has 0 saturated carbocycles. The fourth-order valence-corrected chi connectivity index (χ4v) is 1.14. The van der Waals surface area contributed by atoms with Crippen LogP contribution in [0.2, 0.25) is 0 Å². The Kier molecular flexibility index (Phi) is 3.69. The van der Waals surface area contributed by atoms with Gasteiger partial charge in [-0.3, -0.25) is 0 Å². The average molecular weight is 196 g/mol. The summed E-state index contributed by atoms with van der Waals surface area (Å²) in [5.41, 5.74) is 0.306. The van der Waals surface area contributed by atoms with E-state index in [1.807, 2.05) is 0 Å². The largest absolute Gasteiger partial charge is 0.444 e. The minimum absolute atomic E-state index is 0.306. The molecular formula is C11H20N2O. The fraction of sp³-hybridized carbons (Fsp3) is 0.727. The zero-order chi connectivity index (χ0) is 10.6. The van der Waals surface area contributed by atoms with Crippen molar-refractivity contribution in [3.05, 3.63) is 17.8 Å². The van der Waals surface area contributed by atoms with Gasteiger partial charge in [-0.15, -0.1) is 0 Å². The molecule has 0 aliphatic heterocycles. The zero-order valence-corrected chi connectivity index (χ0v) is 9.55. The molecular weight excluding hydrogens is 176 g/mol. The van der Waals surface area contributed by atoms with Gasteiger partial charge in [0.15, 0.2) is 0 Å². The van der Waals surface area contributed by atoms with Crippen molar-refractivity contribution < 1.29 is 4.42 Å². The predicted molar refractivity (Wildman–Crippen MR) is 57.0 cm³/mol. The zero-order valence-electron chi connectivity index (χ0n) is 9.55. The molecule has 0 atom stereocenters. The van der Waals surface area contributed by atoms with Gasteiger partial charge in [0.1, 0.15) is 5.76 Å². The van der Waals surface area contributed by atoms with Gasteiger partial charge in [0.05, 0.1) is 12.7 Å². The summed E-state index contributed by atoms with van der Waals surface area (Å²) in [5, 5.41) is 3.32. The van der Waals surface area contributed by atoms with E-state index in [9.17, 15) is 0 Å². The summed E-state index contributed by atoms with van der Waals surface area (Å²) in [6.45, 7) is 10.4. The summed E-state index contributed by atoms with van der Waals surface area (Å²) in [6.07, 6.45) is 2.71. The molecule has 80 valence electrons. The molecule has 0 amide bonds. The van der Waals surface area contributed by atoms with E-state index in [4.69, 9.17) is 4.42 Å². The second kappa shape index (κ2) is 4.60. The maximum atomic E-state index is 5.47. The maximum Gasteiger partial charge on any atom is 0.208 e. The first-order valence-corrected chi connectivity index (χ1v) is 5.15. The van der Waals surface area contributed by atoms with Crippen LogP contribution in [0.15, 0.2) is 10.6 Å². The van der Waals surface area contributed by atoms with E-state index in [1.54, 1.807) is 6.20 Å². The average Bonchev–Trinajstić information content (AvgIpc) is 2.50. The predicted octanol–water partition coefficient (Wildman–Crippen LogP) is 2.37. The van der Waals surface area contributed by atoms with Gasteiger partial charge in [0, 0.05) is 13.0 Å². The van der Waals surface area contributed by atoms with E-state index in [-0.39, 0.29) is 0 Å². The lowest BCUT2D eigenvalue weighted by Crippen LogP contribution is -2.26. The number of aryl methyl sites for hydroxylation is 1. The van der Waals surface area contributed by atoms with Gasteiger partial charge in [-0.2, -0.15) is 0 Å². The van der Waals surface area contributed by atoms with Crippen molar-refractivity contribution in [2.45, 2.75) is 40.7 Å². The molecule has 1 N–H and O–H groups in total. The van der Waals surface area contributed by atoms with Gasteiger partial charge in [0.2, 0.25) is 5.89 Å². The molecule has 0 radical (unpaired) electrons. The Bertz CT molecular complexity index is 273.